The largest absolute Gasteiger partial charge is 0.367 e. The van der Waals surface area contributed by atoms with E-state index in [2.05, 4.69) is 50.0 Å². The van der Waals surface area contributed by atoms with Crippen molar-refractivity contribution in [2.75, 3.05) is 0 Å². The molecule has 1 nitrogen and oxygen atoms in total. The molecular weight excluding hydrogens is 198 g/mol. The number of hydrogen-bond donors (Lipinski definition) is 2. The lowest BCUT2D eigenvalue weighted by atomic mass is 10.0. The molecule has 1 N–H and O–H groups in total. The molecule has 0 radical (unpaired) electrons. The van der Waals surface area contributed by atoms with E-state index in [4.69, 9.17) is 12.2 Å². The van der Waals surface area contributed by atoms with Crippen molar-refractivity contribution < 1.29 is 0 Å². The van der Waals surface area contributed by atoms with Crippen molar-refractivity contribution in [1.82, 2.24) is 5.32 Å². The maximum Gasteiger partial charge on any atom is 0.130 e. The van der Waals surface area contributed by atoms with Gasteiger partial charge < -0.3 is 5.32 Å². The van der Waals surface area contributed by atoms with Crippen LogP contribution in [0.3, 0.4) is 0 Å². The monoisotopic (exact) mass is 211 g/mol. The fourth-order valence-corrected chi connectivity index (χ4v) is 1.33. The molecule has 0 bridgehead atoms. The Balaban J connectivity index is 2.77. The molecule has 0 aliphatic heterocycles. The Hall–Kier alpha value is -0.540. The topological polar surface area (TPSA) is 12.0 Å². The quantitative estimate of drug-likeness (QED) is 0.576. The van der Waals surface area contributed by atoms with Gasteiger partial charge in [0.2, 0.25) is 0 Å². The van der Waals surface area contributed by atoms with Gasteiger partial charge in [-0.3, -0.25) is 0 Å². The van der Waals surface area contributed by atoms with Crippen molar-refractivity contribution in [3.8, 4) is 0 Å². The van der Waals surface area contributed by atoms with Crippen LogP contribution in [-0.4, -0.2) is 4.32 Å². The maximum absolute atomic E-state index is 4.82. The molecule has 13 heavy (non-hydrogen) atoms. The summed E-state index contributed by atoms with van der Waals surface area (Å²) in [6.45, 7) is 4.99. The van der Waals surface area contributed by atoms with Crippen LogP contribution in [0.1, 0.15) is 16.7 Å². The van der Waals surface area contributed by atoms with Gasteiger partial charge in [0.15, 0.2) is 0 Å². The second kappa shape index (κ2) is 4.63. The number of thiol groups is 1. The molecule has 0 aliphatic rings. The summed E-state index contributed by atoms with van der Waals surface area (Å²) in [4.78, 5) is 0. The van der Waals surface area contributed by atoms with Gasteiger partial charge in [-0.1, -0.05) is 30.4 Å². The maximum atomic E-state index is 4.82. The van der Waals surface area contributed by atoms with Crippen molar-refractivity contribution in [3.05, 3.63) is 34.9 Å². The van der Waals surface area contributed by atoms with Gasteiger partial charge in [0, 0.05) is 6.54 Å². The molecule has 0 amide bonds. The van der Waals surface area contributed by atoms with Gasteiger partial charge in [0.1, 0.15) is 4.32 Å². The summed E-state index contributed by atoms with van der Waals surface area (Å²) < 4.78 is 0.543. The molecule has 0 atom stereocenters. The lowest BCUT2D eigenvalue weighted by Crippen LogP contribution is -2.16. The molecule has 70 valence electrons. The molecule has 1 aromatic rings. The molecule has 0 spiro atoms. The highest BCUT2D eigenvalue weighted by atomic mass is 32.1. The van der Waals surface area contributed by atoms with Crippen molar-refractivity contribution in [2.24, 2.45) is 0 Å². The normalized spacial score (nSPS) is 9.77. The van der Waals surface area contributed by atoms with E-state index in [1.54, 1.807) is 0 Å². The predicted octanol–water partition coefficient (Wildman–Crippen LogP) is 2.61. The summed E-state index contributed by atoms with van der Waals surface area (Å²) in [5.74, 6) is 0. The fourth-order valence-electron chi connectivity index (χ4n) is 1.17. The Kier molecular flexibility index (Phi) is 3.75. The number of rotatable bonds is 2. The highest BCUT2D eigenvalue weighted by Crippen LogP contribution is 2.12. The highest BCUT2D eigenvalue weighted by Gasteiger charge is 1.99. The van der Waals surface area contributed by atoms with Crippen LogP contribution in [-0.2, 0) is 6.54 Å². The fraction of sp³-hybridized carbons (Fsp3) is 0.300. The SMILES string of the molecule is Cc1cccc(CNC(=S)S)c1C. The number of benzene rings is 1. The molecule has 0 saturated carbocycles. The van der Waals surface area contributed by atoms with Crippen LogP contribution in [0, 0.1) is 13.8 Å². The van der Waals surface area contributed by atoms with Gasteiger partial charge in [0.05, 0.1) is 0 Å². The Morgan fingerprint density at radius 2 is 2.15 bits per heavy atom. The van der Waals surface area contributed by atoms with Crippen LogP contribution < -0.4 is 5.32 Å². The summed E-state index contributed by atoms with van der Waals surface area (Å²) in [6, 6.07) is 6.26. The van der Waals surface area contributed by atoms with Gasteiger partial charge in [-0.05, 0) is 30.5 Å². The lowest BCUT2D eigenvalue weighted by Gasteiger charge is -2.08. The van der Waals surface area contributed by atoms with Gasteiger partial charge in [-0.15, -0.1) is 12.6 Å². The minimum Gasteiger partial charge on any atom is -0.367 e. The number of nitrogens with one attached hydrogen (secondary N) is 1. The summed E-state index contributed by atoms with van der Waals surface area (Å²) in [5.41, 5.74) is 3.90. The third-order valence-corrected chi connectivity index (χ3v) is 2.45. The molecule has 0 aliphatic carbocycles. The van der Waals surface area contributed by atoms with Gasteiger partial charge >= 0.3 is 0 Å². The first-order valence-corrected chi connectivity index (χ1v) is 4.98. The zero-order chi connectivity index (χ0) is 9.84. The first kappa shape index (κ1) is 10.5. The summed E-state index contributed by atoms with van der Waals surface area (Å²) in [7, 11) is 0. The van der Waals surface area contributed by atoms with Gasteiger partial charge in [-0.2, -0.15) is 0 Å². The molecule has 0 aromatic heterocycles. The Bertz CT molecular complexity index is 321. The minimum atomic E-state index is 0.543. The van der Waals surface area contributed by atoms with E-state index in [0.717, 1.165) is 6.54 Å². The molecule has 0 unspecified atom stereocenters. The summed E-state index contributed by atoms with van der Waals surface area (Å²) in [5, 5.41) is 3.03. The molecular formula is C10H13NS2. The summed E-state index contributed by atoms with van der Waals surface area (Å²) in [6.07, 6.45) is 0. The second-order valence-electron chi connectivity index (χ2n) is 3.02. The zero-order valence-electron chi connectivity index (χ0n) is 7.79. The third-order valence-electron chi connectivity index (χ3n) is 2.15. The first-order chi connectivity index (χ1) is 6.11. The van der Waals surface area contributed by atoms with Crippen molar-refractivity contribution in [3.63, 3.8) is 0 Å². The second-order valence-corrected chi connectivity index (χ2v) is 4.18. The Labute approximate surface area is 90.0 Å². The average molecular weight is 211 g/mol. The van der Waals surface area contributed by atoms with E-state index < -0.39 is 0 Å². The highest BCUT2D eigenvalue weighted by molar-refractivity contribution is 8.11. The van der Waals surface area contributed by atoms with Gasteiger partial charge in [0.25, 0.3) is 0 Å². The van der Waals surface area contributed by atoms with E-state index in [1.165, 1.54) is 16.7 Å². The Morgan fingerprint density at radius 3 is 2.77 bits per heavy atom. The third kappa shape index (κ3) is 3.01. The van der Waals surface area contributed by atoms with Gasteiger partial charge in [-0.25, -0.2) is 0 Å². The van der Waals surface area contributed by atoms with Crippen LogP contribution in [0.4, 0.5) is 0 Å². The zero-order valence-corrected chi connectivity index (χ0v) is 9.51. The summed E-state index contributed by atoms with van der Waals surface area (Å²) >= 11 is 8.83. The first-order valence-electron chi connectivity index (χ1n) is 4.13. The molecule has 0 heterocycles. The van der Waals surface area contributed by atoms with E-state index in [1.807, 2.05) is 0 Å². The average Bonchev–Trinajstić information content (AvgIpc) is 2.07. The van der Waals surface area contributed by atoms with Crippen LogP contribution in [0.2, 0.25) is 0 Å². The number of hydrogen-bond acceptors (Lipinski definition) is 1. The van der Waals surface area contributed by atoms with Crippen molar-refractivity contribution in [1.29, 1.82) is 0 Å². The minimum absolute atomic E-state index is 0.543. The number of aryl methyl sites for hydroxylation is 1. The van der Waals surface area contributed by atoms with E-state index in [0.29, 0.717) is 4.32 Å². The lowest BCUT2D eigenvalue weighted by molar-refractivity contribution is 0.925. The molecule has 1 aromatic carbocycles. The molecule has 1 rings (SSSR count). The Morgan fingerprint density at radius 1 is 1.46 bits per heavy atom. The van der Waals surface area contributed by atoms with Crippen LogP contribution in [0.25, 0.3) is 0 Å². The van der Waals surface area contributed by atoms with E-state index >= 15 is 0 Å². The van der Waals surface area contributed by atoms with E-state index in [-0.39, 0.29) is 0 Å². The smallest absolute Gasteiger partial charge is 0.130 e. The number of thiocarbonyl (C=S) groups is 1. The van der Waals surface area contributed by atoms with Crippen molar-refractivity contribution in [2.45, 2.75) is 20.4 Å². The van der Waals surface area contributed by atoms with E-state index in [9.17, 15) is 0 Å². The van der Waals surface area contributed by atoms with Crippen LogP contribution in [0.5, 0.6) is 0 Å². The van der Waals surface area contributed by atoms with Crippen LogP contribution >= 0.6 is 24.8 Å². The standard InChI is InChI=1S/C10H13NS2/c1-7-4-3-5-9(8(7)2)6-11-10(12)13/h3-5H,6H2,1-2H3,(H2,11,12,13). The van der Waals surface area contributed by atoms with Crippen molar-refractivity contribution >= 4 is 29.2 Å². The molecule has 3 heteroatoms. The predicted molar refractivity (Wildman–Crippen MR) is 64.3 cm³/mol. The molecule has 0 fully saturated rings. The molecule has 0 saturated heterocycles. The van der Waals surface area contributed by atoms with Crippen LogP contribution in [0.15, 0.2) is 18.2 Å².